The lowest BCUT2D eigenvalue weighted by Gasteiger charge is -1.89. The van der Waals surface area contributed by atoms with Gasteiger partial charge in [0.25, 0.3) is 5.82 Å². The summed E-state index contributed by atoms with van der Waals surface area (Å²) >= 11 is 4.32. The van der Waals surface area contributed by atoms with Crippen molar-refractivity contribution >= 4 is 29.0 Å². The van der Waals surface area contributed by atoms with Gasteiger partial charge in [0.05, 0.1) is 5.16 Å². The van der Waals surface area contributed by atoms with Crippen molar-refractivity contribution in [3.8, 4) is 0 Å². The van der Waals surface area contributed by atoms with E-state index in [4.69, 9.17) is 0 Å². The zero-order valence-corrected chi connectivity index (χ0v) is 6.61. The molecule has 0 amide bonds. The largest absolute Gasteiger partial charge is 0.365 e. The summed E-state index contributed by atoms with van der Waals surface area (Å²) in [4.78, 5) is 16.7. The summed E-state index contributed by atoms with van der Waals surface area (Å²) in [6.07, 6.45) is 0. The Morgan fingerprint density at radius 2 is 2.42 bits per heavy atom. The molecule has 0 aliphatic rings. The van der Waals surface area contributed by atoms with Gasteiger partial charge in [-0.3, -0.25) is 0 Å². The molecule has 6 heteroatoms. The van der Waals surface area contributed by atoms with Gasteiger partial charge in [0.15, 0.2) is 0 Å². The van der Waals surface area contributed by atoms with E-state index in [-0.39, 0.29) is 11.6 Å². The number of rotatable bonds is 2. The molecule has 12 heavy (non-hydrogen) atoms. The third kappa shape index (κ3) is 1.91. The highest BCUT2D eigenvalue weighted by atomic mass is 32.1. The fourth-order valence-electron chi connectivity index (χ4n) is 0.623. The Morgan fingerprint density at radius 3 is 3.00 bits per heavy atom. The third-order valence-electron chi connectivity index (χ3n) is 1.07. The van der Waals surface area contributed by atoms with Crippen LogP contribution >= 0.6 is 12.2 Å². The summed E-state index contributed by atoms with van der Waals surface area (Å²) in [7, 11) is 0. The highest BCUT2D eigenvalue weighted by Gasteiger charge is 2.07. The number of nitrogens with zero attached hydrogens (tertiary/aromatic N) is 3. The van der Waals surface area contributed by atoms with Crippen molar-refractivity contribution in [3.05, 3.63) is 28.3 Å². The smallest absolute Gasteiger partial charge is 0.358 e. The third-order valence-corrected chi connectivity index (χ3v) is 1.16. The monoisotopic (exact) mass is 181 g/mol. The molecule has 0 aromatic carbocycles. The molecule has 0 spiro atoms. The van der Waals surface area contributed by atoms with Crippen LogP contribution in [0.4, 0.5) is 11.6 Å². The molecule has 0 atom stereocenters. The van der Waals surface area contributed by atoms with Crippen molar-refractivity contribution in [2.75, 3.05) is 0 Å². The molecule has 0 fully saturated rings. The maximum Gasteiger partial charge on any atom is 0.365 e. The molecule has 0 aliphatic heterocycles. The Kier molecular flexibility index (Phi) is 2.57. The lowest BCUT2D eigenvalue weighted by Crippen LogP contribution is -1.90. The summed E-state index contributed by atoms with van der Waals surface area (Å²) in [6, 6.07) is 4.27. The zero-order chi connectivity index (χ0) is 8.97. The van der Waals surface area contributed by atoms with Crippen LogP contribution in [0.15, 0.2) is 23.2 Å². The number of hydrogen-bond donors (Lipinski definition) is 0. The topological polar surface area (TPSA) is 68.4 Å². The lowest BCUT2D eigenvalue weighted by atomic mass is 10.4. The predicted molar refractivity (Wildman–Crippen MR) is 45.6 cm³/mol. The van der Waals surface area contributed by atoms with Crippen LogP contribution in [-0.4, -0.2) is 15.1 Å². The van der Waals surface area contributed by atoms with Crippen LogP contribution in [0.2, 0.25) is 0 Å². The van der Waals surface area contributed by atoms with Gasteiger partial charge in [-0.25, -0.2) is 0 Å². The van der Waals surface area contributed by atoms with Crippen molar-refractivity contribution in [1.82, 2.24) is 4.98 Å². The number of aliphatic imine (C=N–C) groups is 1. The van der Waals surface area contributed by atoms with Crippen LogP contribution < -0.4 is 0 Å². The second-order valence-electron chi connectivity index (χ2n) is 1.81. The molecule has 0 aliphatic carbocycles. The summed E-state index contributed by atoms with van der Waals surface area (Å²) in [6.45, 7) is 0. The van der Waals surface area contributed by atoms with Gasteiger partial charge in [-0.2, -0.15) is 0 Å². The fraction of sp³-hybridized carbons (Fsp3) is 0. The Bertz CT molecular complexity index is 342. The molecular weight excluding hydrogens is 178 g/mol. The van der Waals surface area contributed by atoms with Crippen LogP contribution in [0, 0.1) is 10.1 Å². The van der Waals surface area contributed by atoms with Crippen LogP contribution in [0.3, 0.4) is 0 Å². The summed E-state index contributed by atoms with van der Waals surface area (Å²) in [5, 5.41) is 12.3. The maximum absolute atomic E-state index is 10.2. The van der Waals surface area contributed by atoms with E-state index >= 15 is 0 Å². The molecule has 0 saturated heterocycles. The molecule has 0 bridgehead atoms. The van der Waals surface area contributed by atoms with E-state index in [0.717, 1.165) is 0 Å². The zero-order valence-electron chi connectivity index (χ0n) is 5.80. The molecule has 0 unspecified atom stereocenters. The summed E-state index contributed by atoms with van der Waals surface area (Å²) < 4.78 is 0. The number of nitro groups is 1. The van der Waals surface area contributed by atoms with Gasteiger partial charge in [0.2, 0.25) is 0 Å². The summed E-state index contributed by atoms with van der Waals surface area (Å²) in [5.41, 5.74) is 0. The van der Waals surface area contributed by atoms with E-state index in [0.29, 0.717) is 0 Å². The quantitative estimate of drug-likeness (QED) is 0.301. The molecular formula is C6H3N3O2S. The first-order valence-corrected chi connectivity index (χ1v) is 3.34. The van der Waals surface area contributed by atoms with Gasteiger partial charge in [-0.05, 0) is 28.2 Å². The van der Waals surface area contributed by atoms with Crippen molar-refractivity contribution in [2.45, 2.75) is 0 Å². The van der Waals surface area contributed by atoms with E-state index in [1.54, 1.807) is 0 Å². The van der Waals surface area contributed by atoms with Gasteiger partial charge < -0.3 is 10.1 Å². The highest BCUT2D eigenvalue weighted by Crippen LogP contribution is 2.12. The van der Waals surface area contributed by atoms with Gasteiger partial charge >= 0.3 is 5.82 Å². The Balaban J connectivity index is 3.11. The van der Waals surface area contributed by atoms with Crippen LogP contribution in [0.25, 0.3) is 0 Å². The van der Waals surface area contributed by atoms with E-state index in [1.165, 1.54) is 18.2 Å². The van der Waals surface area contributed by atoms with Crippen molar-refractivity contribution in [2.24, 2.45) is 4.99 Å². The molecule has 0 N–H and O–H groups in total. The van der Waals surface area contributed by atoms with E-state index in [2.05, 4.69) is 27.4 Å². The average molecular weight is 181 g/mol. The molecule has 0 radical (unpaired) electrons. The minimum Gasteiger partial charge on any atom is -0.358 e. The number of hydrogen-bond acceptors (Lipinski definition) is 5. The van der Waals surface area contributed by atoms with Gasteiger partial charge in [0.1, 0.15) is 0 Å². The number of aromatic nitrogens is 1. The molecule has 1 aromatic rings. The van der Waals surface area contributed by atoms with Crippen LogP contribution in [-0.2, 0) is 0 Å². The Morgan fingerprint density at radius 1 is 1.67 bits per heavy atom. The SMILES string of the molecule is O=[N+]([O-])c1cccc(N=C=S)n1. The van der Waals surface area contributed by atoms with E-state index in [1.807, 2.05) is 0 Å². The van der Waals surface area contributed by atoms with Gasteiger partial charge in [0, 0.05) is 12.1 Å². The second kappa shape index (κ2) is 3.66. The number of isothiocyanates is 1. The maximum atomic E-state index is 10.2. The van der Waals surface area contributed by atoms with Crippen molar-refractivity contribution < 1.29 is 4.92 Å². The molecule has 60 valence electrons. The minimum absolute atomic E-state index is 0.194. The second-order valence-corrected chi connectivity index (χ2v) is 2.00. The normalized spacial score (nSPS) is 8.67. The first-order valence-electron chi connectivity index (χ1n) is 2.93. The average Bonchev–Trinajstić information content (AvgIpc) is 2.05. The predicted octanol–water partition coefficient (Wildman–Crippen LogP) is 1.72. The van der Waals surface area contributed by atoms with E-state index < -0.39 is 4.92 Å². The molecule has 1 rings (SSSR count). The highest BCUT2D eigenvalue weighted by molar-refractivity contribution is 7.78. The molecule has 0 saturated carbocycles. The van der Waals surface area contributed by atoms with Crippen LogP contribution in [0.5, 0.6) is 0 Å². The number of pyridine rings is 1. The fourth-order valence-corrected chi connectivity index (χ4v) is 0.716. The van der Waals surface area contributed by atoms with Gasteiger partial charge in [-0.15, -0.1) is 4.99 Å². The van der Waals surface area contributed by atoms with Gasteiger partial charge in [-0.1, -0.05) is 0 Å². The first-order chi connectivity index (χ1) is 5.74. The van der Waals surface area contributed by atoms with Crippen molar-refractivity contribution in [1.29, 1.82) is 0 Å². The summed E-state index contributed by atoms with van der Waals surface area (Å²) in [5.74, 6) is -0.0549. The van der Waals surface area contributed by atoms with Crippen molar-refractivity contribution in [3.63, 3.8) is 0 Å². The Hall–Kier alpha value is -1.65. The molecule has 1 aromatic heterocycles. The Labute approximate surface area is 72.9 Å². The first kappa shape index (κ1) is 8.45. The molecule has 5 nitrogen and oxygen atoms in total. The molecule has 1 heterocycles. The van der Waals surface area contributed by atoms with Crippen LogP contribution in [0.1, 0.15) is 0 Å². The minimum atomic E-state index is -0.595. The van der Waals surface area contributed by atoms with E-state index in [9.17, 15) is 10.1 Å². The number of thiocarbonyl (C=S) groups is 1. The standard InChI is InChI=1S/C6H3N3O2S/c10-9(11)6-3-1-2-5(8-6)7-4-12/h1-3H. The lowest BCUT2D eigenvalue weighted by molar-refractivity contribution is -0.389.